The molecule has 0 aromatic rings. The van der Waals surface area contributed by atoms with Crippen LogP contribution in [0.4, 0.5) is 0 Å². The second-order valence-electron chi connectivity index (χ2n) is 11.0. The molecule has 0 aromatic carbocycles. The minimum atomic E-state index is -0.339. The maximum Gasteiger partial charge on any atom is 0.146 e. The summed E-state index contributed by atoms with van der Waals surface area (Å²) in [6.45, 7) is 28.9. The van der Waals surface area contributed by atoms with Crippen LogP contribution in [0.1, 0.15) is 95.4 Å². The van der Waals surface area contributed by atoms with E-state index in [1.807, 2.05) is 0 Å². The maximum atomic E-state index is 6.86. The molecule has 27 heavy (non-hydrogen) atoms. The molecule has 2 nitrogen and oxygen atoms in total. The van der Waals surface area contributed by atoms with Crippen molar-refractivity contribution in [2.75, 3.05) is 0 Å². The lowest BCUT2D eigenvalue weighted by molar-refractivity contribution is -0.187. The molecule has 0 bridgehead atoms. The van der Waals surface area contributed by atoms with E-state index >= 15 is 0 Å². The van der Waals surface area contributed by atoms with Gasteiger partial charge in [-0.05, 0) is 46.0 Å². The summed E-state index contributed by atoms with van der Waals surface area (Å²) in [7, 11) is 4.42. The standard InChI is InChI=1S/C23H48B2O2/c1-14-15-16-17(2)21(6,7)18(24-12)27-23(10,11)22(8,9)19(25-13)26-20(3,4)5/h17-19H,14-16H2,1-13H3. The number of hydrogen-bond donors (Lipinski definition) is 0. The molecule has 0 rings (SSSR count). The van der Waals surface area contributed by atoms with E-state index in [1.54, 1.807) is 0 Å². The predicted molar refractivity (Wildman–Crippen MR) is 123 cm³/mol. The van der Waals surface area contributed by atoms with E-state index in [-0.39, 0.29) is 34.0 Å². The van der Waals surface area contributed by atoms with Crippen LogP contribution in [0.15, 0.2) is 0 Å². The van der Waals surface area contributed by atoms with Crippen molar-refractivity contribution in [1.82, 2.24) is 0 Å². The molecule has 0 aliphatic carbocycles. The lowest BCUT2D eigenvalue weighted by atomic mass is 9.55. The van der Waals surface area contributed by atoms with Crippen LogP contribution in [-0.4, -0.2) is 37.8 Å². The van der Waals surface area contributed by atoms with Crippen molar-refractivity contribution >= 4 is 14.6 Å². The second-order valence-corrected chi connectivity index (χ2v) is 11.0. The van der Waals surface area contributed by atoms with Gasteiger partial charge < -0.3 is 9.47 Å². The molecule has 0 saturated heterocycles. The summed E-state index contributed by atoms with van der Waals surface area (Å²) in [6, 6.07) is 0.122. The molecular weight excluding hydrogens is 330 g/mol. The van der Waals surface area contributed by atoms with Crippen molar-refractivity contribution in [2.24, 2.45) is 16.7 Å². The van der Waals surface area contributed by atoms with Crippen molar-refractivity contribution in [3.8, 4) is 0 Å². The van der Waals surface area contributed by atoms with E-state index in [4.69, 9.17) is 9.47 Å². The van der Waals surface area contributed by atoms with Gasteiger partial charge >= 0.3 is 0 Å². The Labute approximate surface area is 173 Å². The Morgan fingerprint density at radius 1 is 0.778 bits per heavy atom. The third-order valence-corrected chi connectivity index (χ3v) is 6.76. The van der Waals surface area contributed by atoms with Crippen molar-refractivity contribution < 1.29 is 9.47 Å². The van der Waals surface area contributed by atoms with Crippen LogP contribution >= 0.6 is 0 Å². The summed E-state index contributed by atoms with van der Waals surface area (Å²) < 4.78 is 13.3. The quantitative estimate of drug-likeness (QED) is 0.355. The SMILES string of the molecule is C[B]C(OC(C)(C)C(C)(C)C([B]C)OC(C)(C)C)C(C)(C)C(C)CCCC. The average molecular weight is 378 g/mol. The number of rotatable bonds is 12. The van der Waals surface area contributed by atoms with Crippen LogP contribution in [0.3, 0.4) is 0 Å². The molecule has 0 aliphatic rings. The number of unbranched alkanes of at least 4 members (excludes halogenated alkanes) is 1. The second kappa shape index (κ2) is 10.2. The van der Waals surface area contributed by atoms with Crippen molar-refractivity contribution in [3.05, 3.63) is 0 Å². The molecule has 0 aromatic heterocycles. The molecule has 3 atom stereocenters. The van der Waals surface area contributed by atoms with Crippen LogP contribution in [0.25, 0.3) is 0 Å². The van der Waals surface area contributed by atoms with Crippen LogP contribution < -0.4 is 0 Å². The summed E-state index contributed by atoms with van der Waals surface area (Å²) in [5.41, 5.74) is -0.601. The molecule has 0 amide bonds. The first-order valence-electron chi connectivity index (χ1n) is 11.0. The van der Waals surface area contributed by atoms with E-state index < -0.39 is 0 Å². The van der Waals surface area contributed by atoms with E-state index in [1.165, 1.54) is 19.3 Å². The van der Waals surface area contributed by atoms with Crippen molar-refractivity contribution in [1.29, 1.82) is 0 Å². The Hall–Kier alpha value is 0.0499. The predicted octanol–water partition coefficient (Wildman–Crippen LogP) is 6.63. The summed E-state index contributed by atoms with van der Waals surface area (Å²) in [5.74, 6) is 0.608. The minimum absolute atomic E-state index is 0.0191. The first kappa shape index (κ1) is 27.0. The summed E-state index contributed by atoms with van der Waals surface area (Å²) in [5, 5.41) is 0. The highest BCUT2D eigenvalue weighted by molar-refractivity contribution is 6.36. The van der Waals surface area contributed by atoms with Gasteiger partial charge in [-0.25, -0.2) is 0 Å². The molecule has 158 valence electrons. The third-order valence-electron chi connectivity index (χ3n) is 6.76. The Morgan fingerprint density at radius 3 is 1.63 bits per heavy atom. The third kappa shape index (κ3) is 7.42. The smallest absolute Gasteiger partial charge is 0.146 e. The first-order valence-corrected chi connectivity index (χ1v) is 11.0. The normalized spacial score (nSPS) is 17.4. The van der Waals surface area contributed by atoms with E-state index in [0.29, 0.717) is 5.92 Å². The van der Waals surface area contributed by atoms with Gasteiger partial charge in [0.2, 0.25) is 0 Å². The lowest BCUT2D eigenvalue weighted by Gasteiger charge is -2.52. The highest BCUT2D eigenvalue weighted by Gasteiger charge is 2.48. The fourth-order valence-corrected chi connectivity index (χ4v) is 3.64. The zero-order valence-electron chi connectivity index (χ0n) is 20.8. The van der Waals surface area contributed by atoms with Crippen LogP contribution in [0.5, 0.6) is 0 Å². The molecule has 0 aliphatic heterocycles. The van der Waals surface area contributed by atoms with Gasteiger partial charge in [0.25, 0.3) is 0 Å². The fraction of sp³-hybridized carbons (Fsp3) is 1.00. The van der Waals surface area contributed by atoms with Crippen molar-refractivity contribution in [2.45, 2.75) is 132 Å². The number of ether oxygens (including phenoxy) is 2. The molecule has 3 unspecified atom stereocenters. The van der Waals surface area contributed by atoms with Crippen LogP contribution in [0, 0.1) is 16.7 Å². The Balaban J connectivity index is 5.52. The van der Waals surface area contributed by atoms with Gasteiger partial charge in [-0.2, -0.15) is 0 Å². The van der Waals surface area contributed by atoms with Gasteiger partial charge in [0.05, 0.1) is 11.2 Å². The van der Waals surface area contributed by atoms with Gasteiger partial charge in [-0.1, -0.05) is 74.5 Å². The Bertz CT molecular complexity index is 425. The van der Waals surface area contributed by atoms with E-state index in [9.17, 15) is 0 Å². The first-order chi connectivity index (χ1) is 12.1. The van der Waals surface area contributed by atoms with Gasteiger partial charge in [0.1, 0.15) is 14.6 Å². The fourth-order valence-electron chi connectivity index (χ4n) is 3.64. The molecule has 0 saturated carbocycles. The van der Waals surface area contributed by atoms with Gasteiger partial charge in [-0.15, -0.1) is 0 Å². The summed E-state index contributed by atoms with van der Waals surface area (Å²) >= 11 is 0. The van der Waals surface area contributed by atoms with E-state index in [0.717, 1.165) is 0 Å². The molecule has 4 heteroatoms. The zero-order valence-corrected chi connectivity index (χ0v) is 20.8. The summed E-state index contributed by atoms with van der Waals surface area (Å²) in [6.07, 6.45) is 3.78. The summed E-state index contributed by atoms with van der Waals surface area (Å²) in [4.78, 5) is 0. The van der Waals surface area contributed by atoms with Crippen molar-refractivity contribution in [3.63, 3.8) is 0 Å². The lowest BCUT2D eigenvalue weighted by Crippen LogP contribution is -2.57. The monoisotopic (exact) mass is 378 g/mol. The molecular formula is C23H48B2O2. The highest BCUT2D eigenvalue weighted by atomic mass is 16.5. The minimum Gasteiger partial charge on any atom is -0.381 e. The highest BCUT2D eigenvalue weighted by Crippen LogP contribution is 2.44. The molecule has 0 fully saturated rings. The van der Waals surface area contributed by atoms with Gasteiger partial charge in [0.15, 0.2) is 0 Å². The molecule has 0 spiro atoms. The van der Waals surface area contributed by atoms with E-state index in [2.05, 4.69) is 104 Å². The van der Waals surface area contributed by atoms with Crippen LogP contribution in [0.2, 0.25) is 13.6 Å². The topological polar surface area (TPSA) is 18.5 Å². The average Bonchev–Trinajstić information content (AvgIpc) is 2.53. The Kier molecular flexibility index (Phi) is 10.2. The molecule has 2 radical (unpaired) electrons. The maximum absolute atomic E-state index is 6.86. The number of hydrogen-bond acceptors (Lipinski definition) is 2. The molecule has 0 heterocycles. The largest absolute Gasteiger partial charge is 0.381 e. The molecule has 0 N–H and O–H groups in total. The zero-order chi connectivity index (χ0) is 21.7. The van der Waals surface area contributed by atoms with Crippen LogP contribution in [-0.2, 0) is 9.47 Å². The Morgan fingerprint density at radius 2 is 1.26 bits per heavy atom. The van der Waals surface area contributed by atoms with Gasteiger partial charge in [-0.3, -0.25) is 0 Å². The van der Waals surface area contributed by atoms with Gasteiger partial charge in [0, 0.05) is 17.4 Å².